The van der Waals surface area contributed by atoms with Gasteiger partial charge in [-0.25, -0.2) is 4.98 Å². The summed E-state index contributed by atoms with van der Waals surface area (Å²) in [5, 5.41) is 3.54. The Bertz CT molecular complexity index is 522. The van der Waals surface area contributed by atoms with Gasteiger partial charge >= 0.3 is 0 Å². The van der Waals surface area contributed by atoms with E-state index >= 15 is 0 Å². The third-order valence-electron chi connectivity index (χ3n) is 2.67. The molecule has 0 aliphatic heterocycles. The molecule has 0 amide bonds. The Morgan fingerprint density at radius 3 is 2.61 bits per heavy atom. The molecule has 2 rings (SSSR count). The third kappa shape index (κ3) is 3.11. The van der Waals surface area contributed by atoms with Crippen LogP contribution < -0.4 is 11.1 Å². The Morgan fingerprint density at radius 1 is 1.22 bits per heavy atom. The van der Waals surface area contributed by atoms with Gasteiger partial charge in [-0.3, -0.25) is 0 Å². The SMILES string of the molecule is CCc1ccccc1CNc1cc(Cl)nc(N)n1. The van der Waals surface area contributed by atoms with Gasteiger partial charge in [-0.05, 0) is 17.5 Å². The average Bonchev–Trinajstić information content (AvgIpc) is 2.35. The summed E-state index contributed by atoms with van der Waals surface area (Å²) in [6.45, 7) is 2.83. The number of halogens is 1. The lowest BCUT2D eigenvalue weighted by Gasteiger charge is -2.10. The molecule has 5 heteroatoms. The van der Waals surface area contributed by atoms with Crippen molar-refractivity contribution < 1.29 is 0 Å². The van der Waals surface area contributed by atoms with Crippen molar-refractivity contribution in [2.45, 2.75) is 19.9 Å². The highest BCUT2D eigenvalue weighted by atomic mass is 35.5. The number of hydrogen-bond acceptors (Lipinski definition) is 4. The molecule has 0 saturated heterocycles. The minimum atomic E-state index is 0.175. The number of hydrogen-bond donors (Lipinski definition) is 2. The van der Waals surface area contributed by atoms with Crippen LogP contribution in [-0.2, 0) is 13.0 Å². The summed E-state index contributed by atoms with van der Waals surface area (Å²) in [6, 6.07) is 9.95. The molecule has 3 N–H and O–H groups in total. The predicted octanol–water partition coefficient (Wildman–Crippen LogP) is 2.89. The summed E-state index contributed by atoms with van der Waals surface area (Å²) in [7, 11) is 0. The summed E-state index contributed by atoms with van der Waals surface area (Å²) in [5.74, 6) is 0.812. The Hall–Kier alpha value is -1.81. The molecule has 4 nitrogen and oxygen atoms in total. The fourth-order valence-corrected chi connectivity index (χ4v) is 1.98. The summed E-state index contributed by atoms with van der Waals surface area (Å²) in [5.41, 5.74) is 8.10. The molecule has 0 aliphatic carbocycles. The summed E-state index contributed by atoms with van der Waals surface area (Å²) >= 11 is 5.82. The van der Waals surface area contributed by atoms with Crippen molar-refractivity contribution >= 4 is 23.4 Å². The molecule has 1 aromatic heterocycles. The van der Waals surface area contributed by atoms with Gasteiger partial charge in [0.2, 0.25) is 5.95 Å². The number of nitrogens with zero attached hydrogens (tertiary/aromatic N) is 2. The first kappa shape index (κ1) is 12.6. The predicted molar refractivity (Wildman–Crippen MR) is 74.6 cm³/mol. The van der Waals surface area contributed by atoms with Crippen molar-refractivity contribution in [2.24, 2.45) is 0 Å². The van der Waals surface area contributed by atoms with Gasteiger partial charge in [-0.15, -0.1) is 0 Å². The molecule has 0 unspecified atom stereocenters. The molecule has 1 heterocycles. The van der Waals surface area contributed by atoms with E-state index in [1.165, 1.54) is 11.1 Å². The smallest absolute Gasteiger partial charge is 0.223 e. The molecule has 0 spiro atoms. The van der Waals surface area contributed by atoms with Crippen molar-refractivity contribution in [2.75, 3.05) is 11.1 Å². The van der Waals surface area contributed by atoms with E-state index in [2.05, 4.69) is 34.3 Å². The second-order valence-electron chi connectivity index (χ2n) is 3.91. The topological polar surface area (TPSA) is 63.8 Å². The molecular formula is C13H15ClN4. The summed E-state index contributed by atoms with van der Waals surface area (Å²) in [4.78, 5) is 7.89. The van der Waals surface area contributed by atoms with Gasteiger partial charge in [0.15, 0.2) is 0 Å². The van der Waals surface area contributed by atoms with Crippen LogP contribution in [0.15, 0.2) is 30.3 Å². The summed E-state index contributed by atoms with van der Waals surface area (Å²) in [6.07, 6.45) is 1.00. The molecule has 0 radical (unpaired) electrons. The third-order valence-corrected chi connectivity index (χ3v) is 2.87. The van der Waals surface area contributed by atoms with Gasteiger partial charge in [0.25, 0.3) is 0 Å². The van der Waals surface area contributed by atoms with Crippen LogP contribution in [0.4, 0.5) is 11.8 Å². The second kappa shape index (κ2) is 5.69. The quantitative estimate of drug-likeness (QED) is 0.832. The highest BCUT2D eigenvalue weighted by Crippen LogP contribution is 2.15. The molecule has 0 saturated carbocycles. The lowest BCUT2D eigenvalue weighted by atomic mass is 10.1. The van der Waals surface area contributed by atoms with E-state index in [9.17, 15) is 0 Å². The number of nitrogens with one attached hydrogen (secondary N) is 1. The Morgan fingerprint density at radius 2 is 1.94 bits per heavy atom. The Kier molecular flexibility index (Phi) is 3.99. The second-order valence-corrected chi connectivity index (χ2v) is 4.30. The molecule has 0 atom stereocenters. The van der Waals surface area contributed by atoms with E-state index in [0.717, 1.165) is 6.42 Å². The fraction of sp³-hybridized carbons (Fsp3) is 0.231. The molecular weight excluding hydrogens is 248 g/mol. The molecule has 0 fully saturated rings. The highest BCUT2D eigenvalue weighted by Gasteiger charge is 2.02. The normalized spacial score (nSPS) is 10.3. The molecule has 0 bridgehead atoms. The summed E-state index contributed by atoms with van der Waals surface area (Å²) < 4.78 is 0. The molecule has 18 heavy (non-hydrogen) atoms. The van der Waals surface area contributed by atoms with E-state index < -0.39 is 0 Å². The van der Waals surface area contributed by atoms with Crippen LogP contribution in [0, 0.1) is 0 Å². The lowest BCUT2D eigenvalue weighted by Crippen LogP contribution is -2.06. The standard InChI is InChI=1S/C13H15ClN4/c1-2-9-5-3-4-6-10(9)8-16-12-7-11(14)17-13(15)18-12/h3-7H,2,8H2,1H3,(H3,15,16,17,18). The van der Waals surface area contributed by atoms with E-state index in [4.69, 9.17) is 17.3 Å². The zero-order chi connectivity index (χ0) is 13.0. The first-order valence-corrected chi connectivity index (χ1v) is 6.17. The Labute approximate surface area is 111 Å². The van der Waals surface area contributed by atoms with Gasteiger partial charge in [0, 0.05) is 12.6 Å². The van der Waals surface area contributed by atoms with Crippen molar-refractivity contribution in [1.29, 1.82) is 0 Å². The van der Waals surface area contributed by atoms with Gasteiger partial charge in [0.05, 0.1) is 0 Å². The average molecular weight is 263 g/mol. The first-order chi connectivity index (χ1) is 8.69. The minimum absolute atomic E-state index is 0.175. The van der Waals surface area contributed by atoms with Crippen LogP contribution in [0.5, 0.6) is 0 Å². The van der Waals surface area contributed by atoms with Crippen LogP contribution in [0.1, 0.15) is 18.1 Å². The van der Waals surface area contributed by atoms with Crippen LogP contribution in [-0.4, -0.2) is 9.97 Å². The van der Waals surface area contributed by atoms with Gasteiger partial charge in [0.1, 0.15) is 11.0 Å². The number of nitrogen functional groups attached to an aromatic ring is 1. The van der Waals surface area contributed by atoms with Crippen molar-refractivity contribution in [3.05, 3.63) is 46.6 Å². The maximum absolute atomic E-state index is 5.82. The molecule has 0 aliphatic rings. The van der Waals surface area contributed by atoms with E-state index in [1.807, 2.05) is 12.1 Å². The van der Waals surface area contributed by atoms with Gasteiger partial charge < -0.3 is 11.1 Å². The number of rotatable bonds is 4. The van der Waals surface area contributed by atoms with Gasteiger partial charge in [-0.2, -0.15) is 4.98 Å². The van der Waals surface area contributed by atoms with Crippen LogP contribution in [0.2, 0.25) is 5.15 Å². The number of benzene rings is 1. The molecule has 1 aromatic carbocycles. The fourth-order valence-electron chi connectivity index (χ4n) is 1.79. The number of aromatic nitrogens is 2. The highest BCUT2D eigenvalue weighted by molar-refractivity contribution is 6.29. The number of aryl methyl sites for hydroxylation is 1. The van der Waals surface area contributed by atoms with Crippen molar-refractivity contribution in [1.82, 2.24) is 9.97 Å². The first-order valence-electron chi connectivity index (χ1n) is 5.79. The minimum Gasteiger partial charge on any atom is -0.368 e. The van der Waals surface area contributed by atoms with Crippen molar-refractivity contribution in [3.8, 4) is 0 Å². The van der Waals surface area contributed by atoms with E-state index in [1.54, 1.807) is 6.07 Å². The zero-order valence-electron chi connectivity index (χ0n) is 10.2. The van der Waals surface area contributed by atoms with Gasteiger partial charge in [-0.1, -0.05) is 42.8 Å². The van der Waals surface area contributed by atoms with E-state index in [-0.39, 0.29) is 5.95 Å². The zero-order valence-corrected chi connectivity index (χ0v) is 10.9. The lowest BCUT2D eigenvalue weighted by molar-refractivity contribution is 1.03. The number of anilines is 2. The maximum Gasteiger partial charge on any atom is 0.223 e. The van der Waals surface area contributed by atoms with Crippen LogP contribution >= 0.6 is 11.6 Å². The monoisotopic (exact) mass is 262 g/mol. The largest absolute Gasteiger partial charge is 0.368 e. The van der Waals surface area contributed by atoms with E-state index in [0.29, 0.717) is 17.5 Å². The number of nitrogens with two attached hydrogens (primary N) is 1. The molecule has 2 aromatic rings. The van der Waals surface area contributed by atoms with Crippen LogP contribution in [0.25, 0.3) is 0 Å². The molecule has 94 valence electrons. The maximum atomic E-state index is 5.82. The Balaban J connectivity index is 2.11. The van der Waals surface area contributed by atoms with Crippen LogP contribution in [0.3, 0.4) is 0 Å². The van der Waals surface area contributed by atoms with Crippen molar-refractivity contribution in [3.63, 3.8) is 0 Å².